The van der Waals surface area contributed by atoms with Crippen LogP contribution in [0.25, 0.3) is 22.6 Å². The minimum absolute atomic E-state index is 0.238. The van der Waals surface area contributed by atoms with Gasteiger partial charge in [0.05, 0.1) is 28.9 Å². The Bertz CT molecular complexity index is 1240. The molecular weight excluding hydrogens is 382 g/mol. The van der Waals surface area contributed by atoms with Crippen molar-refractivity contribution in [3.8, 4) is 28.7 Å². The Balaban J connectivity index is 1.53. The second-order valence-corrected chi connectivity index (χ2v) is 8.08. The first-order valence-corrected chi connectivity index (χ1v) is 10.1. The molecule has 0 unspecified atom stereocenters. The van der Waals surface area contributed by atoms with Crippen LogP contribution in [0.1, 0.15) is 29.0 Å². The summed E-state index contributed by atoms with van der Waals surface area (Å²) in [6.07, 6.45) is 1.52. The van der Waals surface area contributed by atoms with Crippen molar-refractivity contribution in [2.75, 3.05) is 0 Å². The van der Waals surface area contributed by atoms with Gasteiger partial charge in [0.1, 0.15) is 11.9 Å². The second-order valence-electron chi connectivity index (χ2n) is 7.19. The highest BCUT2D eigenvalue weighted by molar-refractivity contribution is 7.10. The van der Waals surface area contributed by atoms with Gasteiger partial charge in [-0.25, -0.2) is 14.6 Å². The third-order valence-electron chi connectivity index (χ3n) is 5.56. The van der Waals surface area contributed by atoms with Gasteiger partial charge in [-0.15, -0.1) is 11.3 Å². The van der Waals surface area contributed by atoms with Gasteiger partial charge in [0.15, 0.2) is 5.82 Å². The second kappa shape index (κ2) is 6.62. The molecule has 1 aliphatic heterocycles. The van der Waals surface area contributed by atoms with Crippen LogP contribution in [0.2, 0.25) is 0 Å². The normalized spacial score (nSPS) is 18.5. The number of thiazole rings is 1. The lowest BCUT2D eigenvalue weighted by Crippen LogP contribution is -2.40. The van der Waals surface area contributed by atoms with Crippen molar-refractivity contribution >= 4 is 11.3 Å². The molecule has 2 aromatic carbocycles. The molecule has 1 aliphatic rings. The number of aromatic nitrogens is 4. The number of hydrogen-bond donors (Lipinski definition) is 1. The predicted molar refractivity (Wildman–Crippen MR) is 110 cm³/mol. The Hall–Kier alpha value is -3.34. The van der Waals surface area contributed by atoms with Crippen molar-refractivity contribution in [3.63, 3.8) is 0 Å². The third-order valence-corrected chi connectivity index (χ3v) is 6.59. The monoisotopic (exact) mass is 399 g/mol. The quantitative estimate of drug-likeness (QED) is 0.564. The molecule has 4 aromatic rings. The predicted octanol–water partition coefficient (Wildman–Crippen LogP) is 3.95. The van der Waals surface area contributed by atoms with Crippen molar-refractivity contribution in [1.82, 2.24) is 19.7 Å². The molecule has 5 rings (SSSR count). The standard InChI is InChI=1S/C22H17N5OS/c1-14(21-26-19(11-29-21)16-8-6-15(10-23)7-9-16)22(28)12-27-20(24-13-25-27)17-4-2-3-5-18(17)22/h2-9,11,13-14,28H,12H2,1H3/t14-,22+/m0/s1. The first-order valence-electron chi connectivity index (χ1n) is 9.26. The number of nitrogens with zero attached hydrogens (tertiary/aromatic N) is 5. The topological polar surface area (TPSA) is 87.6 Å². The largest absolute Gasteiger partial charge is 0.382 e. The fourth-order valence-electron chi connectivity index (χ4n) is 3.87. The molecule has 2 aromatic heterocycles. The first-order chi connectivity index (χ1) is 14.1. The summed E-state index contributed by atoms with van der Waals surface area (Å²) in [4.78, 5) is 9.16. The summed E-state index contributed by atoms with van der Waals surface area (Å²) < 4.78 is 1.76. The van der Waals surface area contributed by atoms with Crippen LogP contribution in [0.4, 0.5) is 0 Å². The highest BCUT2D eigenvalue weighted by Crippen LogP contribution is 2.46. The Morgan fingerprint density at radius 2 is 2.00 bits per heavy atom. The lowest BCUT2D eigenvalue weighted by molar-refractivity contribution is -0.0102. The zero-order valence-corrected chi connectivity index (χ0v) is 16.5. The summed E-state index contributed by atoms with van der Waals surface area (Å²) in [6, 6.07) is 17.3. The van der Waals surface area contributed by atoms with E-state index in [-0.39, 0.29) is 5.92 Å². The van der Waals surface area contributed by atoms with Crippen LogP contribution in [0.5, 0.6) is 0 Å². The van der Waals surface area contributed by atoms with Crippen molar-refractivity contribution in [3.05, 3.63) is 76.4 Å². The van der Waals surface area contributed by atoms with Crippen molar-refractivity contribution in [1.29, 1.82) is 5.26 Å². The highest BCUT2D eigenvalue weighted by atomic mass is 32.1. The van der Waals surface area contributed by atoms with E-state index >= 15 is 0 Å². The van der Waals surface area contributed by atoms with Crippen molar-refractivity contribution < 1.29 is 5.11 Å². The fraction of sp³-hybridized carbons (Fsp3) is 0.182. The molecule has 3 heterocycles. The van der Waals surface area contributed by atoms with Crippen LogP contribution in [0.3, 0.4) is 0 Å². The summed E-state index contributed by atoms with van der Waals surface area (Å²) in [5.74, 6) is 0.535. The van der Waals surface area contributed by atoms with Crippen molar-refractivity contribution in [2.45, 2.75) is 25.0 Å². The maximum atomic E-state index is 11.8. The molecule has 0 saturated heterocycles. The van der Waals surface area contributed by atoms with E-state index in [0.717, 1.165) is 33.2 Å². The summed E-state index contributed by atoms with van der Waals surface area (Å²) in [6.45, 7) is 2.33. The van der Waals surface area contributed by atoms with Gasteiger partial charge in [-0.2, -0.15) is 10.4 Å². The lowest BCUT2D eigenvalue weighted by atomic mass is 9.78. The minimum atomic E-state index is -1.14. The molecule has 142 valence electrons. The summed E-state index contributed by atoms with van der Waals surface area (Å²) >= 11 is 1.53. The van der Waals surface area contributed by atoms with Crippen LogP contribution >= 0.6 is 11.3 Å². The first kappa shape index (κ1) is 17.7. The van der Waals surface area contributed by atoms with Crippen LogP contribution < -0.4 is 0 Å². The van der Waals surface area contributed by atoms with E-state index < -0.39 is 5.60 Å². The third kappa shape index (κ3) is 2.77. The average molecular weight is 399 g/mol. The van der Waals surface area contributed by atoms with Gasteiger partial charge < -0.3 is 5.11 Å². The molecule has 1 N–H and O–H groups in total. The van der Waals surface area contributed by atoms with E-state index in [1.165, 1.54) is 17.7 Å². The maximum Gasteiger partial charge on any atom is 0.158 e. The van der Waals surface area contributed by atoms with Crippen LogP contribution in [-0.4, -0.2) is 24.9 Å². The minimum Gasteiger partial charge on any atom is -0.382 e. The number of fused-ring (bicyclic) bond motifs is 3. The fourth-order valence-corrected chi connectivity index (χ4v) is 4.84. The number of rotatable bonds is 3. The Morgan fingerprint density at radius 3 is 2.79 bits per heavy atom. The Morgan fingerprint density at radius 1 is 1.21 bits per heavy atom. The van der Waals surface area contributed by atoms with Crippen LogP contribution in [-0.2, 0) is 12.1 Å². The molecule has 0 fully saturated rings. The molecule has 0 aliphatic carbocycles. The molecule has 2 atom stereocenters. The summed E-state index contributed by atoms with van der Waals surface area (Å²) in [5.41, 5.74) is 3.02. The number of aliphatic hydroxyl groups is 1. The van der Waals surface area contributed by atoms with Gasteiger partial charge in [-0.1, -0.05) is 43.3 Å². The number of hydrogen-bond acceptors (Lipinski definition) is 6. The van der Waals surface area contributed by atoms with E-state index in [9.17, 15) is 5.11 Å². The Kier molecular flexibility index (Phi) is 4.05. The van der Waals surface area contributed by atoms with Gasteiger partial charge in [-0.3, -0.25) is 0 Å². The molecule has 0 amide bonds. The van der Waals surface area contributed by atoms with Crippen LogP contribution in [0.15, 0.2) is 60.2 Å². The zero-order valence-electron chi connectivity index (χ0n) is 15.6. The van der Waals surface area contributed by atoms with E-state index in [4.69, 9.17) is 10.2 Å². The summed E-state index contributed by atoms with van der Waals surface area (Å²) in [5, 5.41) is 27.9. The molecular formula is C22H17N5OS. The molecule has 6 nitrogen and oxygen atoms in total. The highest BCUT2D eigenvalue weighted by Gasteiger charge is 2.44. The molecule has 0 saturated carbocycles. The van der Waals surface area contributed by atoms with Gasteiger partial charge >= 0.3 is 0 Å². The molecule has 0 spiro atoms. The van der Waals surface area contributed by atoms with Crippen molar-refractivity contribution in [2.24, 2.45) is 0 Å². The van der Waals surface area contributed by atoms with E-state index in [1.54, 1.807) is 16.8 Å². The average Bonchev–Trinajstić information content (AvgIpc) is 3.43. The van der Waals surface area contributed by atoms with E-state index in [1.807, 2.05) is 48.7 Å². The molecule has 29 heavy (non-hydrogen) atoms. The number of nitriles is 1. The molecule has 0 radical (unpaired) electrons. The van der Waals surface area contributed by atoms with Gasteiger partial charge in [0.25, 0.3) is 0 Å². The summed E-state index contributed by atoms with van der Waals surface area (Å²) in [7, 11) is 0. The molecule has 7 heteroatoms. The maximum absolute atomic E-state index is 11.8. The van der Waals surface area contributed by atoms with E-state index in [0.29, 0.717) is 12.1 Å². The van der Waals surface area contributed by atoms with Gasteiger partial charge in [0, 0.05) is 22.4 Å². The number of benzene rings is 2. The van der Waals surface area contributed by atoms with Crippen LogP contribution in [0, 0.1) is 11.3 Å². The van der Waals surface area contributed by atoms with Gasteiger partial charge in [-0.05, 0) is 17.7 Å². The van der Waals surface area contributed by atoms with Gasteiger partial charge in [0.2, 0.25) is 0 Å². The molecule has 0 bridgehead atoms. The zero-order chi connectivity index (χ0) is 20.0. The smallest absolute Gasteiger partial charge is 0.158 e. The van der Waals surface area contributed by atoms with E-state index in [2.05, 4.69) is 16.2 Å². The Labute approximate surface area is 171 Å². The SMILES string of the molecule is C[C@@H](c1nc(-c2ccc(C#N)cc2)cs1)[C@]1(O)Cn2ncnc2-c2ccccc21. The lowest BCUT2D eigenvalue weighted by Gasteiger charge is -2.38.